The van der Waals surface area contributed by atoms with Gasteiger partial charge in [-0.1, -0.05) is 19.3 Å². The molecule has 2 rings (SSSR count). The van der Waals surface area contributed by atoms with Crippen molar-refractivity contribution < 1.29 is 4.79 Å². The van der Waals surface area contributed by atoms with Crippen molar-refractivity contribution in [1.82, 2.24) is 10.2 Å². The first-order valence-corrected chi connectivity index (χ1v) is 6.72. The van der Waals surface area contributed by atoms with E-state index >= 15 is 0 Å². The molecule has 1 aliphatic carbocycles. The predicted molar refractivity (Wildman–Crippen MR) is 65.2 cm³/mol. The molecule has 2 unspecified atom stereocenters. The summed E-state index contributed by atoms with van der Waals surface area (Å²) in [7, 11) is 0. The third-order valence-corrected chi connectivity index (χ3v) is 4.18. The number of nitrogens with one attached hydrogen (secondary N) is 1. The highest BCUT2D eigenvalue weighted by molar-refractivity contribution is 5.72. The number of fused-ring (bicyclic) bond motifs is 1. The zero-order valence-electron chi connectivity index (χ0n) is 10.4. The van der Waals surface area contributed by atoms with Crippen LogP contribution in [0.1, 0.15) is 39.0 Å². The summed E-state index contributed by atoms with van der Waals surface area (Å²) in [6.45, 7) is 5.94. The minimum Gasteiger partial charge on any atom is -0.355 e. The zero-order chi connectivity index (χ0) is 11.4. The molecule has 16 heavy (non-hydrogen) atoms. The Morgan fingerprint density at radius 2 is 2.00 bits per heavy atom. The maximum Gasteiger partial charge on any atom is 0.216 e. The van der Waals surface area contributed by atoms with Gasteiger partial charge < -0.3 is 10.2 Å². The lowest BCUT2D eigenvalue weighted by Gasteiger charge is -2.41. The topological polar surface area (TPSA) is 32.3 Å². The molecule has 0 aromatic heterocycles. The van der Waals surface area contributed by atoms with Gasteiger partial charge in [0, 0.05) is 26.6 Å². The normalized spacial score (nSPS) is 30.8. The summed E-state index contributed by atoms with van der Waals surface area (Å²) >= 11 is 0. The molecule has 2 fully saturated rings. The fourth-order valence-electron chi connectivity index (χ4n) is 3.27. The van der Waals surface area contributed by atoms with E-state index in [1.807, 2.05) is 0 Å². The number of rotatable bonds is 3. The molecule has 0 aromatic carbocycles. The van der Waals surface area contributed by atoms with E-state index in [0.717, 1.165) is 24.9 Å². The second kappa shape index (κ2) is 5.67. The Morgan fingerprint density at radius 1 is 1.25 bits per heavy atom. The van der Waals surface area contributed by atoms with Crippen molar-refractivity contribution in [2.45, 2.75) is 39.0 Å². The summed E-state index contributed by atoms with van der Waals surface area (Å²) in [6.07, 6.45) is 7.16. The largest absolute Gasteiger partial charge is 0.355 e. The van der Waals surface area contributed by atoms with Gasteiger partial charge in [-0.3, -0.25) is 4.79 Å². The molecular formula is C13H24N2O. The van der Waals surface area contributed by atoms with Crippen LogP contribution in [0.15, 0.2) is 0 Å². The van der Waals surface area contributed by atoms with E-state index in [0.29, 0.717) is 0 Å². The van der Waals surface area contributed by atoms with Gasteiger partial charge in [-0.05, 0) is 31.2 Å². The summed E-state index contributed by atoms with van der Waals surface area (Å²) in [5, 5.41) is 2.88. The number of piperidine rings is 1. The number of hydrogen-bond acceptors (Lipinski definition) is 2. The fourth-order valence-corrected chi connectivity index (χ4v) is 3.27. The molecule has 1 saturated heterocycles. The van der Waals surface area contributed by atoms with Gasteiger partial charge in [0.15, 0.2) is 0 Å². The van der Waals surface area contributed by atoms with Crippen molar-refractivity contribution in [2.75, 3.05) is 26.2 Å². The Morgan fingerprint density at radius 3 is 2.75 bits per heavy atom. The molecule has 1 heterocycles. The molecule has 0 bridgehead atoms. The van der Waals surface area contributed by atoms with Crippen LogP contribution in [0.25, 0.3) is 0 Å². The van der Waals surface area contributed by atoms with Gasteiger partial charge in [0.1, 0.15) is 0 Å². The molecule has 3 nitrogen and oxygen atoms in total. The van der Waals surface area contributed by atoms with Crippen LogP contribution in [0, 0.1) is 11.8 Å². The first-order chi connectivity index (χ1) is 7.75. The van der Waals surface area contributed by atoms with Crippen LogP contribution < -0.4 is 5.32 Å². The van der Waals surface area contributed by atoms with Gasteiger partial charge in [0.25, 0.3) is 0 Å². The monoisotopic (exact) mass is 224 g/mol. The van der Waals surface area contributed by atoms with Crippen LogP contribution in [-0.2, 0) is 4.79 Å². The molecule has 1 aliphatic heterocycles. The van der Waals surface area contributed by atoms with Gasteiger partial charge in [0.05, 0.1) is 0 Å². The molecule has 0 radical (unpaired) electrons. The summed E-state index contributed by atoms with van der Waals surface area (Å²) < 4.78 is 0. The summed E-state index contributed by atoms with van der Waals surface area (Å²) in [5.74, 6) is 2.04. The Balaban J connectivity index is 1.70. The van der Waals surface area contributed by atoms with E-state index in [-0.39, 0.29) is 5.91 Å². The highest BCUT2D eigenvalue weighted by atomic mass is 16.1. The van der Waals surface area contributed by atoms with Crippen molar-refractivity contribution in [3.8, 4) is 0 Å². The summed E-state index contributed by atoms with van der Waals surface area (Å²) in [4.78, 5) is 13.3. The molecule has 2 atom stereocenters. The average Bonchev–Trinajstić information content (AvgIpc) is 2.28. The zero-order valence-corrected chi connectivity index (χ0v) is 10.4. The minimum absolute atomic E-state index is 0.0903. The number of nitrogens with zero attached hydrogens (tertiary/aromatic N) is 1. The number of carbonyl (C=O) groups excluding carboxylic acids is 1. The van der Waals surface area contributed by atoms with Gasteiger partial charge in [-0.15, -0.1) is 0 Å². The van der Waals surface area contributed by atoms with Crippen molar-refractivity contribution >= 4 is 5.91 Å². The van der Waals surface area contributed by atoms with Crippen LogP contribution in [0.3, 0.4) is 0 Å². The van der Waals surface area contributed by atoms with Gasteiger partial charge >= 0.3 is 0 Å². The quantitative estimate of drug-likeness (QED) is 0.790. The van der Waals surface area contributed by atoms with Crippen molar-refractivity contribution in [1.29, 1.82) is 0 Å². The highest BCUT2D eigenvalue weighted by Crippen LogP contribution is 2.35. The Hall–Kier alpha value is -0.570. The molecule has 3 heteroatoms. The Labute approximate surface area is 98.6 Å². The first-order valence-electron chi connectivity index (χ1n) is 6.72. The molecule has 1 amide bonds. The molecule has 2 aliphatic rings. The van der Waals surface area contributed by atoms with Gasteiger partial charge in [-0.2, -0.15) is 0 Å². The number of likely N-dealkylation sites (tertiary alicyclic amines) is 1. The Bertz CT molecular complexity index is 242. The van der Waals surface area contributed by atoms with Gasteiger partial charge in [0.2, 0.25) is 5.91 Å². The van der Waals surface area contributed by atoms with E-state index in [4.69, 9.17) is 0 Å². The average molecular weight is 224 g/mol. The SMILES string of the molecule is CC(=O)NCCN1CCC2CCCCC2C1. The third-order valence-electron chi connectivity index (χ3n) is 4.18. The highest BCUT2D eigenvalue weighted by Gasteiger charge is 2.30. The molecule has 0 aromatic rings. The maximum absolute atomic E-state index is 10.8. The molecule has 1 saturated carbocycles. The fraction of sp³-hybridized carbons (Fsp3) is 0.923. The van der Waals surface area contributed by atoms with E-state index in [9.17, 15) is 4.79 Å². The van der Waals surface area contributed by atoms with Crippen LogP contribution in [0.5, 0.6) is 0 Å². The lowest BCUT2D eigenvalue weighted by atomic mass is 9.75. The molecular weight excluding hydrogens is 200 g/mol. The first kappa shape index (κ1) is 11.9. The lowest BCUT2D eigenvalue weighted by molar-refractivity contribution is -0.119. The smallest absolute Gasteiger partial charge is 0.216 e. The molecule has 0 spiro atoms. The Kier molecular flexibility index (Phi) is 4.22. The number of hydrogen-bond donors (Lipinski definition) is 1. The lowest BCUT2D eigenvalue weighted by Crippen LogP contribution is -2.44. The minimum atomic E-state index is 0.0903. The van der Waals surface area contributed by atoms with E-state index in [2.05, 4.69) is 10.2 Å². The number of amides is 1. The summed E-state index contributed by atoms with van der Waals surface area (Å²) in [5.41, 5.74) is 0. The van der Waals surface area contributed by atoms with Crippen LogP contribution in [0.4, 0.5) is 0 Å². The van der Waals surface area contributed by atoms with E-state index in [1.54, 1.807) is 6.92 Å². The van der Waals surface area contributed by atoms with E-state index < -0.39 is 0 Å². The maximum atomic E-state index is 10.8. The standard InChI is InChI=1S/C13H24N2O/c1-11(16)14-7-9-15-8-6-12-4-2-3-5-13(12)10-15/h12-13H,2-10H2,1H3,(H,14,16). The second-order valence-electron chi connectivity index (χ2n) is 5.38. The van der Waals surface area contributed by atoms with Crippen LogP contribution in [0.2, 0.25) is 0 Å². The van der Waals surface area contributed by atoms with Crippen molar-refractivity contribution in [3.63, 3.8) is 0 Å². The molecule has 1 N–H and O–H groups in total. The van der Waals surface area contributed by atoms with Crippen molar-refractivity contribution in [3.05, 3.63) is 0 Å². The second-order valence-corrected chi connectivity index (χ2v) is 5.38. The van der Waals surface area contributed by atoms with Crippen LogP contribution >= 0.6 is 0 Å². The number of carbonyl (C=O) groups is 1. The molecule has 92 valence electrons. The third kappa shape index (κ3) is 3.21. The van der Waals surface area contributed by atoms with Crippen LogP contribution in [-0.4, -0.2) is 37.0 Å². The van der Waals surface area contributed by atoms with E-state index in [1.165, 1.54) is 45.2 Å². The predicted octanol–water partition coefficient (Wildman–Crippen LogP) is 1.63. The van der Waals surface area contributed by atoms with Gasteiger partial charge in [-0.25, -0.2) is 0 Å². The van der Waals surface area contributed by atoms with Crippen molar-refractivity contribution in [2.24, 2.45) is 11.8 Å². The summed E-state index contributed by atoms with van der Waals surface area (Å²) in [6, 6.07) is 0.